The van der Waals surface area contributed by atoms with E-state index >= 15 is 0 Å². The number of ether oxygens (including phenoxy) is 3. The van der Waals surface area contributed by atoms with Gasteiger partial charge < -0.3 is 55.1 Å². The summed E-state index contributed by atoms with van der Waals surface area (Å²) in [5.74, 6) is -2.98. The average molecular weight is 428 g/mol. The predicted molar refractivity (Wildman–Crippen MR) is 90.0 cm³/mol. The zero-order valence-electron chi connectivity index (χ0n) is 15.9. The van der Waals surface area contributed by atoms with Crippen LogP contribution < -0.4 is 0 Å². The zero-order chi connectivity index (χ0) is 22.5. The molecule has 29 heavy (non-hydrogen) atoms. The van der Waals surface area contributed by atoms with Crippen LogP contribution >= 0.6 is 0 Å². The van der Waals surface area contributed by atoms with Gasteiger partial charge in [-0.05, 0) is 0 Å². The molecule has 0 aromatic heterocycles. The number of carbonyl (C=O) groups excluding carboxylic acids is 2. The second-order valence-electron chi connectivity index (χ2n) is 6.67. The van der Waals surface area contributed by atoms with Gasteiger partial charge in [-0.2, -0.15) is 0 Å². The molecule has 0 radical (unpaired) electrons. The van der Waals surface area contributed by atoms with E-state index in [0.717, 1.165) is 0 Å². The van der Waals surface area contributed by atoms with E-state index in [-0.39, 0.29) is 11.6 Å². The molecule has 2 aliphatic rings. The molecule has 13 heteroatoms. The standard InChI is InChI=1S/C12H22O11.C4H6O2/c13-1-4-6(16)8(18)9(19)11(21-4)23-12(3-15)10(20)7(17)5(2-14)22-12;1-3(5)4(2)6/h4-11,13-20H,1-3H2;1-2H3/t4-,5-,6-,7-,8+,9-,10+,11-,12+;/m1./s1. The fourth-order valence-corrected chi connectivity index (χ4v) is 2.63. The van der Waals surface area contributed by atoms with Crippen molar-refractivity contribution in [3.05, 3.63) is 0 Å². The van der Waals surface area contributed by atoms with Crippen LogP contribution in [0.15, 0.2) is 0 Å². The van der Waals surface area contributed by atoms with E-state index in [9.17, 15) is 40.2 Å². The van der Waals surface area contributed by atoms with Crippen molar-refractivity contribution in [1.29, 1.82) is 0 Å². The van der Waals surface area contributed by atoms with Crippen LogP contribution in [0.1, 0.15) is 13.8 Å². The third-order valence-electron chi connectivity index (χ3n) is 4.57. The molecule has 0 amide bonds. The molecule has 0 aromatic carbocycles. The van der Waals surface area contributed by atoms with Crippen LogP contribution in [0.5, 0.6) is 0 Å². The minimum Gasteiger partial charge on any atom is -0.394 e. The third kappa shape index (κ3) is 5.74. The number of Topliss-reactive ketones (excluding diaryl/α,β-unsaturated/α-hetero) is 2. The molecule has 0 unspecified atom stereocenters. The molecule has 9 atom stereocenters. The van der Waals surface area contributed by atoms with Gasteiger partial charge in [-0.1, -0.05) is 0 Å². The Balaban J connectivity index is 0.000000612. The summed E-state index contributed by atoms with van der Waals surface area (Å²) < 4.78 is 15.4. The van der Waals surface area contributed by atoms with Crippen LogP contribution in [0, 0.1) is 0 Å². The first-order valence-corrected chi connectivity index (χ1v) is 8.71. The van der Waals surface area contributed by atoms with Crippen molar-refractivity contribution in [3.63, 3.8) is 0 Å². The molecule has 0 bridgehead atoms. The van der Waals surface area contributed by atoms with Crippen LogP contribution in [-0.4, -0.2) is 127 Å². The number of ketones is 2. The Hall–Kier alpha value is -1.10. The van der Waals surface area contributed by atoms with Crippen molar-refractivity contribution in [2.75, 3.05) is 19.8 Å². The van der Waals surface area contributed by atoms with E-state index in [1.165, 1.54) is 13.8 Å². The minimum atomic E-state index is -2.22. The van der Waals surface area contributed by atoms with E-state index in [1.807, 2.05) is 0 Å². The fraction of sp³-hybridized carbons (Fsp3) is 0.875. The van der Waals surface area contributed by atoms with Gasteiger partial charge in [0.15, 0.2) is 17.9 Å². The summed E-state index contributed by atoms with van der Waals surface area (Å²) in [7, 11) is 0. The normalized spacial score (nSPS) is 42.1. The van der Waals surface area contributed by atoms with Crippen molar-refractivity contribution in [1.82, 2.24) is 0 Å². The molecule has 0 spiro atoms. The van der Waals surface area contributed by atoms with E-state index in [4.69, 9.17) is 24.4 Å². The summed E-state index contributed by atoms with van der Waals surface area (Å²) in [6.45, 7) is 0.182. The van der Waals surface area contributed by atoms with Crippen LogP contribution in [0.25, 0.3) is 0 Å². The molecular weight excluding hydrogens is 400 g/mol. The first-order valence-electron chi connectivity index (χ1n) is 8.71. The Bertz CT molecular complexity index is 543. The highest BCUT2D eigenvalue weighted by Crippen LogP contribution is 2.35. The van der Waals surface area contributed by atoms with Crippen LogP contribution in [0.3, 0.4) is 0 Å². The van der Waals surface area contributed by atoms with Gasteiger partial charge in [0, 0.05) is 13.8 Å². The molecule has 170 valence electrons. The highest BCUT2D eigenvalue weighted by atomic mass is 16.8. The molecule has 13 nitrogen and oxygen atoms in total. The van der Waals surface area contributed by atoms with Crippen molar-refractivity contribution >= 4 is 11.6 Å². The van der Waals surface area contributed by atoms with Gasteiger partial charge in [0.2, 0.25) is 5.79 Å². The van der Waals surface area contributed by atoms with Gasteiger partial charge in [-0.25, -0.2) is 0 Å². The lowest BCUT2D eigenvalue weighted by Crippen LogP contribution is -2.62. The molecular formula is C16H28O13. The molecule has 8 N–H and O–H groups in total. The quantitative estimate of drug-likeness (QED) is 0.185. The Kier molecular flexibility index (Phi) is 9.65. The SMILES string of the molecule is CC(=O)C(C)=O.OC[C@H]1O[C@@](CO)(O[C@H]2O[C@H](CO)[C@@H](O)[C@H](O)[C@H]2O)[C@@H](O)[C@@H]1O. The van der Waals surface area contributed by atoms with Gasteiger partial charge in [0.05, 0.1) is 13.2 Å². The van der Waals surface area contributed by atoms with E-state index in [2.05, 4.69) is 0 Å². The number of aliphatic hydroxyl groups excluding tert-OH is 8. The van der Waals surface area contributed by atoms with E-state index < -0.39 is 74.6 Å². The maximum atomic E-state index is 10.00. The molecule has 0 aliphatic carbocycles. The lowest BCUT2D eigenvalue weighted by molar-refractivity contribution is -0.383. The second-order valence-corrected chi connectivity index (χ2v) is 6.67. The van der Waals surface area contributed by atoms with Crippen molar-refractivity contribution in [2.45, 2.75) is 68.7 Å². The summed E-state index contributed by atoms with van der Waals surface area (Å²) in [6.07, 6.45) is -12.7. The molecule has 0 saturated carbocycles. The average Bonchev–Trinajstić information content (AvgIpc) is 2.93. The Labute approximate surface area is 165 Å². The smallest absolute Gasteiger partial charge is 0.224 e. The number of carbonyl (C=O) groups is 2. The van der Waals surface area contributed by atoms with Crippen LogP contribution in [0.4, 0.5) is 0 Å². The van der Waals surface area contributed by atoms with E-state index in [0.29, 0.717) is 0 Å². The topological polar surface area (TPSA) is 224 Å². The van der Waals surface area contributed by atoms with E-state index in [1.54, 1.807) is 0 Å². The highest BCUT2D eigenvalue weighted by molar-refractivity contribution is 6.35. The number of hydrogen-bond acceptors (Lipinski definition) is 13. The molecule has 2 rings (SSSR count). The van der Waals surface area contributed by atoms with Crippen molar-refractivity contribution < 1.29 is 64.7 Å². The van der Waals surface area contributed by atoms with Gasteiger partial charge in [-0.3, -0.25) is 9.59 Å². The Morgan fingerprint density at radius 1 is 0.828 bits per heavy atom. The maximum Gasteiger partial charge on any atom is 0.224 e. The fourth-order valence-electron chi connectivity index (χ4n) is 2.63. The summed E-state index contributed by atoms with van der Waals surface area (Å²) in [4.78, 5) is 19.6. The van der Waals surface area contributed by atoms with Crippen LogP contribution in [-0.2, 0) is 23.8 Å². The first kappa shape index (κ1) is 25.9. The van der Waals surface area contributed by atoms with Gasteiger partial charge >= 0.3 is 0 Å². The third-order valence-corrected chi connectivity index (χ3v) is 4.57. The number of aliphatic hydroxyl groups is 8. The van der Waals surface area contributed by atoms with Crippen LogP contribution in [0.2, 0.25) is 0 Å². The highest BCUT2D eigenvalue weighted by Gasteiger charge is 2.58. The minimum absolute atomic E-state index is 0.380. The molecule has 2 aliphatic heterocycles. The van der Waals surface area contributed by atoms with Gasteiger partial charge in [-0.15, -0.1) is 0 Å². The number of hydrogen-bond donors (Lipinski definition) is 8. The molecule has 0 aromatic rings. The summed E-state index contributed by atoms with van der Waals surface area (Å²) in [6, 6.07) is 0. The lowest BCUT2D eigenvalue weighted by atomic mass is 9.99. The monoisotopic (exact) mass is 428 g/mol. The molecule has 2 saturated heterocycles. The van der Waals surface area contributed by atoms with Gasteiger partial charge in [0.25, 0.3) is 0 Å². The lowest BCUT2D eigenvalue weighted by Gasteiger charge is -2.43. The molecule has 2 heterocycles. The van der Waals surface area contributed by atoms with Crippen molar-refractivity contribution in [3.8, 4) is 0 Å². The summed E-state index contributed by atoms with van der Waals surface area (Å²) in [5.41, 5.74) is 0. The second kappa shape index (κ2) is 10.8. The summed E-state index contributed by atoms with van der Waals surface area (Å²) >= 11 is 0. The summed E-state index contributed by atoms with van der Waals surface area (Å²) in [5, 5.41) is 76.7. The first-order chi connectivity index (χ1) is 13.4. The predicted octanol–water partition coefficient (Wildman–Crippen LogP) is -5.23. The zero-order valence-corrected chi connectivity index (χ0v) is 15.9. The van der Waals surface area contributed by atoms with Crippen molar-refractivity contribution in [2.24, 2.45) is 0 Å². The molecule has 2 fully saturated rings. The largest absolute Gasteiger partial charge is 0.394 e. The Morgan fingerprint density at radius 3 is 1.72 bits per heavy atom. The number of rotatable bonds is 6. The Morgan fingerprint density at radius 2 is 1.34 bits per heavy atom. The van der Waals surface area contributed by atoms with Gasteiger partial charge in [0.1, 0.15) is 49.3 Å². The maximum absolute atomic E-state index is 10.00.